The second-order valence-electron chi connectivity index (χ2n) is 6.72. The Labute approximate surface area is 156 Å². The van der Waals surface area contributed by atoms with Gasteiger partial charge in [0.15, 0.2) is 14.9 Å². The summed E-state index contributed by atoms with van der Waals surface area (Å²) in [7, 11) is 2.90. The molecule has 1 heterocycles. The lowest BCUT2D eigenvalue weighted by molar-refractivity contribution is -0.858. The Hall–Kier alpha value is -1.38. The summed E-state index contributed by atoms with van der Waals surface area (Å²) in [5.41, 5.74) is 0.870. The van der Waals surface area contributed by atoms with Gasteiger partial charge in [-0.15, -0.1) is 0 Å². The Balaban J connectivity index is 2.05. The number of quaternary nitrogens is 1. The van der Waals surface area contributed by atoms with Gasteiger partial charge in [0.25, 0.3) is 0 Å². The molecule has 6 nitrogen and oxygen atoms in total. The lowest BCUT2D eigenvalue weighted by atomic mass is 10.2. The largest absolute Gasteiger partial charge is 0.497 e. The molecule has 0 amide bonds. The topological polar surface area (TPSA) is 63.1 Å². The molecule has 1 aliphatic rings. The van der Waals surface area contributed by atoms with Crippen LogP contribution < -0.4 is 15.0 Å². The number of benzene rings is 1. The molecular formula is C17H28N3O3S2+. The predicted octanol–water partition coefficient (Wildman–Crippen LogP) is 0.416. The van der Waals surface area contributed by atoms with Crippen LogP contribution in [0.4, 0.5) is 5.69 Å². The number of hydrogen-bond acceptors (Lipinski definition) is 4. The number of ether oxygens (including phenoxy) is 1. The fraction of sp³-hybridized carbons (Fsp3) is 0.588. The van der Waals surface area contributed by atoms with Gasteiger partial charge in [-0.3, -0.25) is 0 Å². The number of anilines is 1. The van der Waals surface area contributed by atoms with E-state index < -0.39 is 9.84 Å². The third kappa shape index (κ3) is 6.13. The van der Waals surface area contributed by atoms with E-state index in [1.54, 1.807) is 7.11 Å². The summed E-state index contributed by atoms with van der Waals surface area (Å²) < 4.78 is 28.9. The summed E-state index contributed by atoms with van der Waals surface area (Å²) in [6.45, 7) is 1.77. The Morgan fingerprint density at radius 2 is 2.04 bits per heavy atom. The van der Waals surface area contributed by atoms with Gasteiger partial charge in [0.2, 0.25) is 0 Å². The maximum Gasteiger partial charge on any atom is 0.173 e. The monoisotopic (exact) mass is 386 g/mol. The number of methoxy groups -OCH3 is 1. The first kappa shape index (κ1) is 19.9. The van der Waals surface area contributed by atoms with Gasteiger partial charge in [-0.1, -0.05) is 0 Å². The molecule has 1 aromatic rings. The molecule has 0 radical (unpaired) electrons. The standard InChI is InChI=1S/C17H27N3O3S2/c1-19(2)10-4-11-20(15-9-12-25(21,22)13-15)17(24)18-14-5-7-16(23-3)8-6-14/h5-8,15H,4,9-13H2,1-3H3,(H,18,24)/p+1/t15-/m0/s1. The minimum absolute atomic E-state index is 0.0413. The maximum absolute atomic E-state index is 11.9. The van der Waals surface area contributed by atoms with Crippen molar-refractivity contribution in [3.8, 4) is 5.75 Å². The molecule has 8 heteroatoms. The first-order valence-corrected chi connectivity index (χ1v) is 10.7. The van der Waals surface area contributed by atoms with Crippen LogP contribution in [0.15, 0.2) is 24.3 Å². The van der Waals surface area contributed by atoms with Crippen LogP contribution in [0, 0.1) is 0 Å². The number of hydrogen-bond donors (Lipinski definition) is 2. The number of sulfone groups is 1. The van der Waals surface area contributed by atoms with Crippen molar-refractivity contribution in [2.24, 2.45) is 0 Å². The summed E-state index contributed by atoms with van der Waals surface area (Å²) >= 11 is 5.59. The van der Waals surface area contributed by atoms with E-state index in [0.717, 1.165) is 30.9 Å². The average Bonchev–Trinajstić information content (AvgIpc) is 2.91. The highest BCUT2D eigenvalue weighted by Gasteiger charge is 2.33. The molecule has 1 aliphatic heterocycles. The van der Waals surface area contributed by atoms with Crippen LogP contribution in [-0.4, -0.2) is 70.3 Å². The van der Waals surface area contributed by atoms with Gasteiger partial charge in [-0.25, -0.2) is 8.42 Å². The van der Waals surface area contributed by atoms with Crippen molar-refractivity contribution in [3.63, 3.8) is 0 Å². The SMILES string of the molecule is COc1ccc(NC(=S)N(CCC[NH+](C)C)[C@H]2CCS(=O)(=O)C2)cc1. The van der Waals surface area contributed by atoms with Gasteiger partial charge in [0, 0.05) is 24.7 Å². The van der Waals surface area contributed by atoms with Crippen LogP contribution in [0.3, 0.4) is 0 Å². The summed E-state index contributed by atoms with van der Waals surface area (Å²) in [5, 5.41) is 3.82. The van der Waals surface area contributed by atoms with Gasteiger partial charge in [0.05, 0.1) is 39.3 Å². The molecule has 2 N–H and O–H groups in total. The molecule has 0 unspecified atom stereocenters. The molecule has 0 saturated carbocycles. The lowest BCUT2D eigenvalue weighted by Gasteiger charge is -2.31. The Kier molecular flexibility index (Phi) is 7.04. The zero-order valence-corrected chi connectivity index (χ0v) is 16.8. The van der Waals surface area contributed by atoms with Crippen molar-refractivity contribution in [2.45, 2.75) is 18.9 Å². The molecular weight excluding hydrogens is 358 g/mol. The average molecular weight is 387 g/mol. The van der Waals surface area contributed by atoms with E-state index >= 15 is 0 Å². The van der Waals surface area contributed by atoms with Crippen molar-refractivity contribution in [3.05, 3.63) is 24.3 Å². The van der Waals surface area contributed by atoms with Crippen molar-refractivity contribution in [2.75, 3.05) is 51.1 Å². The molecule has 25 heavy (non-hydrogen) atoms. The summed E-state index contributed by atoms with van der Waals surface area (Å²) in [5.74, 6) is 1.22. The van der Waals surface area contributed by atoms with Gasteiger partial charge >= 0.3 is 0 Å². The van der Waals surface area contributed by atoms with E-state index in [0.29, 0.717) is 11.5 Å². The number of rotatable bonds is 7. The third-order valence-electron chi connectivity index (χ3n) is 4.33. The predicted molar refractivity (Wildman–Crippen MR) is 105 cm³/mol. The Morgan fingerprint density at radius 1 is 1.36 bits per heavy atom. The number of nitrogens with one attached hydrogen (secondary N) is 2. The molecule has 2 rings (SSSR count). The van der Waals surface area contributed by atoms with Gasteiger partial charge in [-0.2, -0.15) is 0 Å². The van der Waals surface area contributed by atoms with Crippen LogP contribution >= 0.6 is 12.2 Å². The first-order valence-electron chi connectivity index (χ1n) is 8.52. The van der Waals surface area contributed by atoms with Crippen LogP contribution in [0.1, 0.15) is 12.8 Å². The molecule has 1 atom stereocenters. The van der Waals surface area contributed by atoms with Gasteiger partial charge in [0.1, 0.15) is 5.75 Å². The maximum atomic E-state index is 11.9. The van der Waals surface area contributed by atoms with Crippen LogP contribution in [0.2, 0.25) is 0 Å². The number of nitrogens with zero attached hydrogens (tertiary/aromatic N) is 1. The highest BCUT2D eigenvalue weighted by atomic mass is 32.2. The summed E-state index contributed by atoms with van der Waals surface area (Å²) in [6, 6.07) is 7.49. The van der Waals surface area contributed by atoms with Crippen molar-refractivity contribution in [1.82, 2.24) is 4.90 Å². The highest BCUT2D eigenvalue weighted by molar-refractivity contribution is 7.91. The Bertz CT molecular complexity index is 675. The van der Waals surface area contributed by atoms with E-state index in [-0.39, 0.29) is 17.5 Å². The Morgan fingerprint density at radius 3 is 2.56 bits per heavy atom. The fourth-order valence-corrected chi connectivity index (χ4v) is 5.03. The van der Waals surface area contributed by atoms with E-state index in [4.69, 9.17) is 17.0 Å². The van der Waals surface area contributed by atoms with Crippen LogP contribution in [-0.2, 0) is 9.84 Å². The van der Waals surface area contributed by atoms with Crippen LogP contribution in [0.25, 0.3) is 0 Å². The van der Waals surface area contributed by atoms with E-state index in [2.05, 4.69) is 19.4 Å². The van der Waals surface area contributed by atoms with Gasteiger partial charge < -0.3 is 19.9 Å². The molecule has 140 valence electrons. The second-order valence-corrected chi connectivity index (χ2v) is 9.33. The normalized spacial score (nSPS) is 19.0. The molecule has 0 bridgehead atoms. The zero-order valence-electron chi connectivity index (χ0n) is 15.1. The molecule has 0 spiro atoms. The van der Waals surface area contributed by atoms with E-state index in [1.807, 2.05) is 29.2 Å². The zero-order chi connectivity index (χ0) is 18.4. The molecule has 0 aliphatic carbocycles. The summed E-state index contributed by atoms with van der Waals surface area (Å²) in [6.07, 6.45) is 1.60. The van der Waals surface area contributed by atoms with Crippen molar-refractivity contribution >= 4 is 32.9 Å². The first-order chi connectivity index (χ1) is 11.8. The van der Waals surface area contributed by atoms with E-state index in [9.17, 15) is 8.42 Å². The third-order valence-corrected chi connectivity index (χ3v) is 6.41. The molecule has 1 saturated heterocycles. The highest BCUT2D eigenvalue weighted by Crippen LogP contribution is 2.20. The van der Waals surface area contributed by atoms with Crippen molar-refractivity contribution < 1.29 is 18.1 Å². The lowest BCUT2D eigenvalue weighted by Crippen LogP contribution is -3.05. The minimum Gasteiger partial charge on any atom is -0.497 e. The van der Waals surface area contributed by atoms with Crippen LogP contribution in [0.5, 0.6) is 5.75 Å². The van der Waals surface area contributed by atoms with Crippen molar-refractivity contribution in [1.29, 1.82) is 0 Å². The van der Waals surface area contributed by atoms with E-state index in [1.165, 1.54) is 4.90 Å². The summed E-state index contributed by atoms with van der Waals surface area (Å²) in [4.78, 5) is 3.42. The smallest absolute Gasteiger partial charge is 0.173 e. The molecule has 1 aromatic carbocycles. The minimum atomic E-state index is -2.95. The second kappa shape index (κ2) is 8.82. The molecule has 0 aromatic heterocycles. The van der Waals surface area contributed by atoms with Gasteiger partial charge in [-0.05, 0) is 42.9 Å². The quantitative estimate of drug-likeness (QED) is 0.662. The fourth-order valence-electron chi connectivity index (χ4n) is 2.94. The number of thiocarbonyl (C=S) groups is 1. The molecule has 1 fully saturated rings.